The van der Waals surface area contributed by atoms with Gasteiger partial charge in [0.15, 0.2) is 0 Å². The van der Waals surface area contributed by atoms with Crippen molar-refractivity contribution in [2.75, 3.05) is 4.90 Å². The molecule has 0 spiro atoms. The second-order valence-electron chi connectivity index (χ2n) is 7.24. The number of nitrogens with zero attached hydrogens (tertiary/aromatic N) is 2. The molecule has 4 nitrogen and oxygen atoms in total. The third kappa shape index (κ3) is 3.52. The Labute approximate surface area is 191 Å². The van der Waals surface area contributed by atoms with Crippen LogP contribution in [0, 0.1) is 6.57 Å². The van der Waals surface area contributed by atoms with Gasteiger partial charge in [0.2, 0.25) is 0 Å². The predicted octanol–water partition coefficient (Wildman–Crippen LogP) is 6.23. The monoisotopic (exact) mass is 480 g/mol. The van der Waals surface area contributed by atoms with E-state index >= 15 is 0 Å². The van der Waals surface area contributed by atoms with E-state index in [0.29, 0.717) is 16.8 Å². The quantitative estimate of drug-likeness (QED) is 0.151. The fourth-order valence-corrected chi connectivity index (χ4v) is 5.83. The number of allylic oxidation sites excluding steroid dienone is 1. The van der Waals surface area contributed by atoms with E-state index < -0.39 is 0 Å². The molecule has 1 aliphatic carbocycles. The number of para-hydroxylation sites is 1. The number of hydrogen-bond donors (Lipinski definition) is 0. The van der Waals surface area contributed by atoms with Crippen LogP contribution in [0.1, 0.15) is 25.2 Å². The first-order chi connectivity index (χ1) is 15.7. The molecule has 0 atom stereocenters. The van der Waals surface area contributed by atoms with Crippen LogP contribution < -0.4 is 4.90 Å². The molecule has 0 saturated heterocycles. The maximum atomic E-state index is 12.8. The molecule has 0 fully saturated rings. The first-order valence-corrected chi connectivity index (χ1v) is 11.7. The van der Waals surface area contributed by atoms with Crippen LogP contribution in [-0.4, -0.2) is 26.1 Å². The van der Waals surface area contributed by atoms with E-state index in [1.165, 1.54) is 0 Å². The first-order valence-electron chi connectivity index (χ1n) is 9.98. The summed E-state index contributed by atoms with van der Waals surface area (Å²) in [7, 11) is 0. The van der Waals surface area contributed by atoms with Crippen molar-refractivity contribution in [1.29, 1.82) is 0 Å². The number of carbonyl (C=O) groups is 2. The zero-order valence-corrected chi connectivity index (χ0v) is 18.6. The molecule has 0 saturated carbocycles. The molecule has 1 heterocycles. The summed E-state index contributed by atoms with van der Waals surface area (Å²) in [5, 5.41) is 0. The van der Waals surface area contributed by atoms with Gasteiger partial charge in [-0.1, -0.05) is 0 Å². The minimum atomic E-state index is -0.203. The van der Waals surface area contributed by atoms with E-state index in [1.54, 1.807) is 30.3 Å². The zero-order chi connectivity index (χ0) is 22.1. The Morgan fingerprint density at radius 3 is 1.94 bits per heavy atom. The summed E-state index contributed by atoms with van der Waals surface area (Å²) in [6.07, 6.45) is 1.75. The molecule has 0 N–H and O–H groups in total. The van der Waals surface area contributed by atoms with E-state index in [-0.39, 0.29) is 31.6 Å². The number of hydrogen-bond acceptors (Lipinski definition) is 3. The van der Waals surface area contributed by atoms with Crippen molar-refractivity contribution in [1.82, 2.24) is 0 Å². The molecule has 0 bridgehead atoms. The van der Waals surface area contributed by atoms with Crippen LogP contribution in [0.5, 0.6) is 0 Å². The number of anilines is 3. The van der Waals surface area contributed by atoms with Gasteiger partial charge in [-0.15, -0.1) is 0 Å². The van der Waals surface area contributed by atoms with Crippen molar-refractivity contribution in [3.05, 3.63) is 124 Å². The molecule has 0 radical (unpaired) electrons. The Kier molecular flexibility index (Phi) is 5.16. The third-order valence-corrected chi connectivity index (χ3v) is 7.41. The number of Topliss-reactive ketones (excluding diaryl/α,β-unsaturated/α-hetero) is 2. The number of ketones is 2. The minimum absolute atomic E-state index is 0.101. The second kappa shape index (κ2) is 8.28. The first kappa shape index (κ1) is 20.0. The van der Waals surface area contributed by atoms with Gasteiger partial charge in [-0.3, -0.25) is 0 Å². The van der Waals surface area contributed by atoms with Crippen molar-refractivity contribution >= 4 is 53.8 Å². The van der Waals surface area contributed by atoms with Gasteiger partial charge >= 0.3 is 192 Å². The van der Waals surface area contributed by atoms with Crippen LogP contribution in [0.4, 0.5) is 21.6 Å². The van der Waals surface area contributed by atoms with Crippen LogP contribution >= 0.6 is 0 Å². The van der Waals surface area contributed by atoms with Gasteiger partial charge in [0, 0.05) is 0 Å². The average molecular weight is 479 g/mol. The van der Waals surface area contributed by atoms with Gasteiger partial charge in [-0.25, -0.2) is 0 Å². The Morgan fingerprint density at radius 2 is 1.31 bits per heavy atom. The standard InChI is InChI=1S/C27H16N2O2Se/c1-28-18-11-13-20(14-12-18)29(19-7-3-2-4-8-19)25-16-15-21(32-25)17-24-26(30)22-9-5-6-10-23(22)27(24)31/h2-17H. The zero-order valence-electron chi connectivity index (χ0n) is 16.9. The summed E-state index contributed by atoms with van der Waals surface area (Å²) in [4.78, 5) is 31.1. The molecule has 1 aliphatic rings. The molecule has 0 aliphatic heterocycles. The molecule has 1 aromatic heterocycles. The molecule has 0 amide bonds. The second-order valence-corrected chi connectivity index (χ2v) is 9.53. The van der Waals surface area contributed by atoms with Crippen molar-refractivity contribution in [3.8, 4) is 0 Å². The summed E-state index contributed by atoms with van der Waals surface area (Å²) in [6, 6.07) is 28.5. The van der Waals surface area contributed by atoms with E-state index in [1.807, 2.05) is 66.7 Å². The fraction of sp³-hybridized carbons (Fsp3) is 0. The molecule has 4 aromatic rings. The normalized spacial score (nSPS) is 12.4. The molecule has 32 heavy (non-hydrogen) atoms. The van der Waals surface area contributed by atoms with Crippen LogP contribution in [0.25, 0.3) is 10.9 Å². The van der Waals surface area contributed by atoms with Gasteiger partial charge in [-0.2, -0.15) is 0 Å². The number of carbonyl (C=O) groups excluding carboxylic acids is 2. The molecular weight excluding hydrogens is 463 g/mol. The van der Waals surface area contributed by atoms with Crippen LogP contribution in [0.2, 0.25) is 0 Å². The number of fused-ring (bicyclic) bond motifs is 1. The average Bonchev–Trinajstić information content (AvgIpc) is 3.39. The predicted molar refractivity (Wildman–Crippen MR) is 127 cm³/mol. The molecule has 5 rings (SSSR count). The van der Waals surface area contributed by atoms with Gasteiger partial charge < -0.3 is 0 Å². The van der Waals surface area contributed by atoms with Crippen molar-refractivity contribution in [2.24, 2.45) is 0 Å². The molecule has 5 heteroatoms. The molecule has 0 unspecified atom stereocenters. The Balaban J connectivity index is 1.54. The van der Waals surface area contributed by atoms with Crippen LogP contribution in [-0.2, 0) is 0 Å². The molecular formula is C27H16N2O2Se. The third-order valence-electron chi connectivity index (χ3n) is 5.28. The number of rotatable bonds is 4. The Hall–Kier alpha value is -3.97. The van der Waals surface area contributed by atoms with E-state index in [4.69, 9.17) is 6.57 Å². The van der Waals surface area contributed by atoms with Gasteiger partial charge in [-0.05, 0) is 0 Å². The Morgan fingerprint density at radius 1 is 0.719 bits per heavy atom. The van der Waals surface area contributed by atoms with Gasteiger partial charge in [0.25, 0.3) is 0 Å². The van der Waals surface area contributed by atoms with E-state index in [2.05, 4.69) is 9.74 Å². The van der Waals surface area contributed by atoms with Gasteiger partial charge in [0.1, 0.15) is 0 Å². The van der Waals surface area contributed by atoms with Gasteiger partial charge in [0.05, 0.1) is 0 Å². The van der Waals surface area contributed by atoms with E-state index in [0.717, 1.165) is 20.4 Å². The van der Waals surface area contributed by atoms with E-state index in [9.17, 15) is 9.59 Å². The van der Waals surface area contributed by atoms with Crippen LogP contribution in [0.15, 0.2) is 96.6 Å². The Bertz CT molecular complexity index is 1370. The summed E-state index contributed by atoms with van der Waals surface area (Å²) in [5.41, 5.74) is 3.76. The molecule has 3 aromatic carbocycles. The summed E-state index contributed by atoms with van der Waals surface area (Å²) >= 11 is -0.101. The number of benzene rings is 3. The SMILES string of the molecule is [C-]#[N+]c1ccc(N(c2ccccc2)c2ccc(C=C3C(=O)c4ccccc4C3=O)[se]2)cc1. The van der Waals surface area contributed by atoms with Crippen molar-refractivity contribution < 1.29 is 9.59 Å². The summed E-state index contributed by atoms with van der Waals surface area (Å²) < 4.78 is 2.05. The van der Waals surface area contributed by atoms with Crippen molar-refractivity contribution in [2.45, 2.75) is 0 Å². The molecule has 152 valence electrons. The maximum absolute atomic E-state index is 12.8. The van der Waals surface area contributed by atoms with Crippen molar-refractivity contribution in [3.63, 3.8) is 0 Å². The summed E-state index contributed by atoms with van der Waals surface area (Å²) in [6.45, 7) is 7.20. The fourth-order valence-electron chi connectivity index (χ4n) is 3.74. The summed E-state index contributed by atoms with van der Waals surface area (Å²) in [5.74, 6) is -0.407. The topological polar surface area (TPSA) is 41.7 Å². The van der Waals surface area contributed by atoms with Crippen LogP contribution in [0.3, 0.4) is 0 Å².